The lowest BCUT2D eigenvalue weighted by Crippen LogP contribution is -2.54. The van der Waals surface area contributed by atoms with Gasteiger partial charge in [-0.3, -0.25) is 4.79 Å². The molecular weight excluding hydrogens is 250 g/mol. The Balaban J connectivity index is 1.74. The smallest absolute Gasteiger partial charge is 0.220 e. The summed E-state index contributed by atoms with van der Waals surface area (Å²) in [6, 6.07) is 9.02. The predicted molar refractivity (Wildman–Crippen MR) is 80.7 cm³/mol. The first kappa shape index (κ1) is 13.4. The molecule has 2 fully saturated rings. The average Bonchev–Trinajstić information content (AvgIpc) is 2.48. The number of amides is 1. The second kappa shape index (κ2) is 5.83. The molecular formula is C16H23N3O. The highest BCUT2D eigenvalue weighted by Crippen LogP contribution is 2.30. The summed E-state index contributed by atoms with van der Waals surface area (Å²) in [5.41, 5.74) is 2.70. The number of hydrogen-bond acceptors (Lipinski definition) is 3. The van der Waals surface area contributed by atoms with Crippen LogP contribution in [0.5, 0.6) is 0 Å². The predicted octanol–water partition coefficient (Wildman–Crippen LogP) is 1.51. The van der Waals surface area contributed by atoms with Crippen LogP contribution in [0.2, 0.25) is 0 Å². The zero-order chi connectivity index (χ0) is 13.9. The third-order valence-electron chi connectivity index (χ3n) is 4.52. The van der Waals surface area contributed by atoms with Gasteiger partial charge in [0.15, 0.2) is 0 Å². The van der Waals surface area contributed by atoms with Crippen molar-refractivity contribution in [3.05, 3.63) is 29.8 Å². The van der Waals surface area contributed by atoms with E-state index in [0.29, 0.717) is 18.4 Å². The van der Waals surface area contributed by atoms with Crippen molar-refractivity contribution in [1.29, 1.82) is 0 Å². The Bertz CT molecular complexity index is 488. The van der Waals surface area contributed by atoms with E-state index in [4.69, 9.17) is 0 Å². The zero-order valence-corrected chi connectivity index (χ0v) is 12.1. The van der Waals surface area contributed by atoms with Gasteiger partial charge >= 0.3 is 0 Å². The van der Waals surface area contributed by atoms with Gasteiger partial charge in [0.1, 0.15) is 0 Å². The standard InChI is InChI=1S/C16H23N3O/c1-17-10-12-4-2-3-5-15(12)19-9-8-14-13(11-19)6-7-16(20)18-14/h2-5,13-14,17H,6-11H2,1H3,(H,18,20). The lowest BCUT2D eigenvalue weighted by atomic mass is 9.85. The Morgan fingerprint density at radius 2 is 2.20 bits per heavy atom. The van der Waals surface area contributed by atoms with Gasteiger partial charge in [0.2, 0.25) is 5.91 Å². The molecule has 2 aliphatic heterocycles. The molecule has 0 aromatic heterocycles. The minimum Gasteiger partial charge on any atom is -0.371 e. The summed E-state index contributed by atoms with van der Waals surface area (Å²) in [4.78, 5) is 14.0. The summed E-state index contributed by atoms with van der Waals surface area (Å²) >= 11 is 0. The number of anilines is 1. The van der Waals surface area contributed by atoms with Crippen LogP contribution in [-0.4, -0.2) is 32.1 Å². The highest BCUT2D eigenvalue weighted by molar-refractivity contribution is 5.77. The van der Waals surface area contributed by atoms with Gasteiger partial charge in [-0.1, -0.05) is 18.2 Å². The van der Waals surface area contributed by atoms with Gasteiger partial charge in [0, 0.05) is 37.8 Å². The molecule has 1 aromatic carbocycles. The summed E-state index contributed by atoms with van der Waals surface area (Å²) in [7, 11) is 1.99. The van der Waals surface area contributed by atoms with E-state index in [9.17, 15) is 4.79 Å². The normalized spacial score (nSPS) is 26.1. The summed E-state index contributed by atoms with van der Waals surface area (Å²) in [5, 5.41) is 6.39. The van der Waals surface area contributed by atoms with Crippen molar-refractivity contribution in [2.75, 3.05) is 25.0 Å². The molecule has 2 aliphatic rings. The molecule has 2 saturated heterocycles. The molecule has 1 aromatic rings. The van der Waals surface area contributed by atoms with Gasteiger partial charge in [-0.15, -0.1) is 0 Å². The van der Waals surface area contributed by atoms with Crippen LogP contribution in [0.1, 0.15) is 24.8 Å². The first-order valence-corrected chi connectivity index (χ1v) is 7.54. The van der Waals surface area contributed by atoms with Gasteiger partial charge < -0.3 is 15.5 Å². The number of carbonyl (C=O) groups is 1. The summed E-state index contributed by atoms with van der Waals surface area (Å²) in [6.45, 7) is 2.99. The van der Waals surface area contributed by atoms with Crippen LogP contribution in [0.15, 0.2) is 24.3 Å². The van der Waals surface area contributed by atoms with Crippen LogP contribution in [0.4, 0.5) is 5.69 Å². The van der Waals surface area contributed by atoms with Crippen molar-refractivity contribution >= 4 is 11.6 Å². The van der Waals surface area contributed by atoms with Crippen LogP contribution in [-0.2, 0) is 11.3 Å². The summed E-state index contributed by atoms with van der Waals surface area (Å²) in [6.07, 6.45) is 2.78. The van der Waals surface area contributed by atoms with Gasteiger partial charge in [0.05, 0.1) is 0 Å². The van der Waals surface area contributed by atoms with Crippen molar-refractivity contribution in [2.45, 2.75) is 31.8 Å². The zero-order valence-electron chi connectivity index (χ0n) is 12.1. The number of rotatable bonds is 3. The number of benzene rings is 1. The second-order valence-corrected chi connectivity index (χ2v) is 5.87. The molecule has 2 heterocycles. The molecule has 0 aliphatic carbocycles. The largest absolute Gasteiger partial charge is 0.371 e. The Labute approximate surface area is 120 Å². The van der Waals surface area contributed by atoms with Crippen LogP contribution < -0.4 is 15.5 Å². The SMILES string of the molecule is CNCc1ccccc1N1CCC2NC(=O)CCC2C1. The highest BCUT2D eigenvalue weighted by Gasteiger charge is 2.34. The number of hydrogen-bond donors (Lipinski definition) is 2. The second-order valence-electron chi connectivity index (χ2n) is 5.87. The topological polar surface area (TPSA) is 44.4 Å². The number of nitrogens with zero attached hydrogens (tertiary/aromatic N) is 1. The molecule has 1 amide bonds. The Kier molecular flexibility index (Phi) is 3.92. The Hall–Kier alpha value is -1.55. The van der Waals surface area contributed by atoms with Crippen molar-refractivity contribution in [3.63, 3.8) is 0 Å². The monoisotopic (exact) mass is 273 g/mol. The summed E-state index contributed by atoms with van der Waals surface area (Å²) < 4.78 is 0. The lowest BCUT2D eigenvalue weighted by molar-refractivity contribution is -0.124. The van der Waals surface area contributed by atoms with Crippen LogP contribution >= 0.6 is 0 Å². The first-order valence-electron chi connectivity index (χ1n) is 7.54. The van der Waals surface area contributed by atoms with Crippen LogP contribution in [0, 0.1) is 5.92 Å². The average molecular weight is 273 g/mol. The van der Waals surface area contributed by atoms with E-state index in [-0.39, 0.29) is 5.91 Å². The molecule has 4 nitrogen and oxygen atoms in total. The van der Waals surface area contributed by atoms with Crippen molar-refractivity contribution < 1.29 is 4.79 Å². The highest BCUT2D eigenvalue weighted by atomic mass is 16.1. The molecule has 20 heavy (non-hydrogen) atoms. The van der Waals surface area contributed by atoms with E-state index in [2.05, 4.69) is 39.8 Å². The fourth-order valence-electron chi connectivity index (χ4n) is 3.49. The van der Waals surface area contributed by atoms with Crippen molar-refractivity contribution in [2.24, 2.45) is 5.92 Å². The maximum atomic E-state index is 11.5. The third-order valence-corrected chi connectivity index (χ3v) is 4.52. The molecule has 2 atom stereocenters. The molecule has 3 rings (SSSR count). The number of carbonyl (C=O) groups excluding carboxylic acids is 1. The van der Waals surface area contributed by atoms with Crippen LogP contribution in [0.25, 0.3) is 0 Å². The van der Waals surface area contributed by atoms with E-state index in [0.717, 1.165) is 32.5 Å². The maximum absolute atomic E-state index is 11.5. The van der Waals surface area contributed by atoms with E-state index in [1.807, 2.05) is 7.05 Å². The Morgan fingerprint density at radius 1 is 1.35 bits per heavy atom. The lowest BCUT2D eigenvalue weighted by Gasteiger charge is -2.43. The van der Waals surface area contributed by atoms with Gasteiger partial charge in [-0.2, -0.15) is 0 Å². The molecule has 108 valence electrons. The van der Waals surface area contributed by atoms with E-state index < -0.39 is 0 Å². The quantitative estimate of drug-likeness (QED) is 0.877. The van der Waals surface area contributed by atoms with Gasteiger partial charge in [0.25, 0.3) is 0 Å². The molecule has 0 spiro atoms. The van der Waals surface area contributed by atoms with E-state index >= 15 is 0 Å². The number of nitrogens with one attached hydrogen (secondary N) is 2. The number of para-hydroxylation sites is 1. The first-order chi connectivity index (χ1) is 9.78. The molecule has 0 radical (unpaired) electrons. The fraction of sp³-hybridized carbons (Fsp3) is 0.562. The van der Waals surface area contributed by atoms with E-state index in [1.54, 1.807) is 0 Å². The number of piperidine rings is 2. The minimum atomic E-state index is 0.232. The van der Waals surface area contributed by atoms with Gasteiger partial charge in [-0.05, 0) is 37.4 Å². The minimum absolute atomic E-state index is 0.232. The fourth-order valence-corrected chi connectivity index (χ4v) is 3.49. The Morgan fingerprint density at radius 3 is 3.05 bits per heavy atom. The third kappa shape index (κ3) is 2.66. The van der Waals surface area contributed by atoms with Gasteiger partial charge in [-0.25, -0.2) is 0 Å². The molecule has 4 heteroatoms. The molecule has 0 bridgehead atoms. The molecule has 2 unspecified atom stereocenters. The van der Waals surface area contributed by atoms with Crippen molar-refractivity contribution in [3.8, 4) is 0 Å². The number of fused-ring (bicyclic) bond motifs is 1. The maximum Gasteiger partial charge on any atom is 0.220 e. The summed E-state index contributed by atoms with van der Waals surface area (Å²) in [5.74, 6) is 0.833. The van der Waals surface area contributed by atoms with E-state index in [1.165, 1.54) is 11.3 Å². The molecule has 0 saturated carbocycles. The van der Waals surface area contributed by atoms with Crippen molar-refractivity contribution in [1.82, 2.24) is 10.6 Å². The van der Waals surface area contributed by atoms with Crippen LogP contribution in [0.3, 0.4) is 0 Å². The molecule has 2 N–H and O–H groups in total.